The molecule has 2 atom stereocenters. The standard InChI is InChI=1S/C14H21NO/c1-2-5-11-6-3-7-12(10-11)14(15)13-8-4-9-16-13/h3,6-7,10,13-14H,2,4-5,8-9,15H2,1H3. The summed E-state index contributed by atoms with van der Waals surface area (Å²) in [4.78, 5) is 0. The molecule has 0 aromatic heterocycles. The molecule has 1 heterocycles. The zero-order valence-electron chi connectivity index (χ0n) is 9.99. The molecule has 0 radical (unpaired) electrons. The van der Waals surface area contributed by atoms with E-state index in [-0.39, 0.29) is 12.1 Å². The number of nitrogens with two attached hydrogens (primary N) is 1. The first kappa shape index (κ1) is 11.6. The number of ether oxygens (including phenoxy) is 1. The van der Waals surface area contributed by atoms with Crippen LogP contribution in [0.4, 0.5) is 0 Å². The van der Waals surface area contributed by atoms with Crippen molar-refractivity contribution < 1.29 is 4.74 Å². The molecule has 2 unspecified atom stereocenters. The van der Waals surface area contributed by atoms with Gasteiger partial charge >= 0.3 is 0 Å². The van der Waals surface area contributed by atoms with Crippen LogP contribution in [0, 0.1) is 0 Å². The summed E-state index contributed by atoms with van der Waals surface area (Å²) >= 11 is 0. The molecule has 16 heavy (non-hydrogen) atoms. The maximum atomic E-state index is 6.24. The lowest BCUT2D eigenvalue weighted by Crippen LogP contribution is -2.25. The molecule has 1 aromatic rings. The van der Waals surface area contributed by atoms with E-state index in [1.54, 1.807) is 0 Å². The zero-order valence-corrected chi connectivity index (χ0v) is 9.99. The minimum Gasteiger partial charge on any atom is -0.376 e. The highest BCUT2D eigenvalue weighted by Crippen LogP contribution is 2.25. The maximum Gasteiger partial charge on any atom is 0.0768 e. The molecule has 0 saturated carbocycles. The van der Waals surface area contributed by atoms with Gasteiger partial charge in [0.25, 0.3) is 0 Å². The van der Waals surface area contributed by atoms with E-state index in [4.69, 9.17) is 10.5 Å². The number of hydrogen-bond acceptors (Lipinski definition) is 2. The monoisotopic (exact) mass is 219 g/mol. The van der Waals surface area contributed by atoms with Gasteiger partial charge in [-0.15, -0.1) is 0 Å². The Morgan fingerprint density at radius 1 is 1.50 bits per heavy atom. The highest BCUT2D eigenvalue weighted by atomic mass is 16.5. The van der Waals surface area contributed by atoms with Crippen LogP contribution in [0.15, 0.2) is 24.3 Å². The Morgan fingerprint density at radius 3 is 3.06 bits per heavy atom. The molecule has 1 fully saturated rings. The molecule has 0 aliphatic carbocycles. The van der Waals surface area contributed by atoms with E-state index in [0.29, 0.717) is 0 Å². The first-order valence-electron chi connectivity index (χ1n) is 6.27. The lowest BCUT2D eigenvalue weighted by molar-refractivity contribution is 0.0900. The van der Waals surface area contributed by atoms with Gasteiger partial charge in [0.1, 0.15) is 0 Å². The van der Waals surface area contributed by atoms with Crippen molar-refractivity contribution in [1.82, 2.24) is 0 Å². The second-order valence-corrected chi connectivity index (χ2v) is 4.57. The van der Waals surface area contributed by atoms with Crippen LogP contribution in [0.1, 0.15) is 43.4 Å². The summed E-state index contributed by atoms with van der Waals surface area (Å²) in [5.41, 5.74) is 8.84. The van der Waals surface area contributed by atoms with Gasteiger partial charge in [0.2, 0.25) is 0 Å². The first-order chi connectivity index (χ1) is 7.81. The van der Waals surface area contributed by atoms with Crippen molar-refractivity contribution in [2.24, 2.45) is 5.73 Å². The Kier molecular flexibility index (Phi) is 3.97. The van der Waals surface area contributed by atoms with Crippen LogP contribution in [-0.4, -0.2) is 12.7 Å². The van der Waals surface area contributed by atoms with Crippen molar-refractivity contribution >= 4 is 0 Å². The highest BCUT2D eigenvalue weighted by molar-refractivity contribution is 5.26. The Labute approximate surface area is 97.8 Å². The van der Waals surface area contributed by atoms with Crippen molar-refractivity contribution in [1.29, 1.82) is 0 Å². The van der Waals surface area contributed by atoms with Gasteiger partial charge in [-0.2, -0.15) is 0 Å². The van der Waals surface area contributed by atoms with Crippen LogP contribution in [0.5, 0.6) is 0 Å². The fourth-order valence-corrected chi connectivity index (χ4v) is 2.35. The molecule has 2 N–H and O–H groups in total. The second-order valence-electron chi connectivity index (χ2n) is 4.57. The molecule has 88 valence electrons. The largest absolute Gasteiger partial charge is 0.376 e. The predicted octanol–water partition coefficient (Wildman–Crippen LogP) is 2.82. The van der Waals surface area contributed by atoms with E-state index >= 15 is 0 Å². The van der Waals surface area contributed by atoms with E-state index in [1.165, 1.54) is 17.5 Å². The van der Waals surface area contributed by atoms with Gasteiger partial charge in [0.05, 0.1) is 12.1 Å². The van der Waals surface area contributed by atoms with Gasteiger partial charge < -0.3 is 10.5 Å². The van der Waals surface area contributed by atoms with Crippen LogP contribution in [0.3, 0.4) is 0 Å². The van der Waals surface area contributed by atoms with Crippen LogP contribution in [-0.2, 0) is 11.2 Å². The molecule has 0 amide bonds. The van der Waals surface area contributed by atoms with Gasteiger partial charge in [-0.25, -0.2) is 0 Å². The second kappa shape index (κ2) is 5.46. The van der Waals surface area contributed by atoms with Crippen molar-refractivity contribution in [2.75, 3.05) is 6.61 Å². The molecule has 2 nitrogen and oxygen atoms in total. The molecule has 0 bridgehead atoms. The first-order valence-corrected chi connectivity index (χ1v) is 6.27. The molecule has 1 aromatic carbocycles. The normalized spacial score (nSPS) is 22.2. The summed E-state index contributed by atoms with van der Waals surface area (Å²) in [5, 5.41) is 0. The van der Waals surface area contributed by atoms with Crippen LogP contribution >= 0.6 is 0 Å². The Hall–Kier alpha value is -0.860. The summed E-state index contributed by atoms with van der Waals surface area (Å²) in [6.07, 6.45) is 4.77. The third kappa shape index (κ3) is 2.63. The zero-order chi connectivity index (χ0) is 11.4. The van der Waals surface area contributed by atoms with Gasteiger partial charge in [-0.05, 0) is 30.4 Å². The van der Waals surface area contributed by atoms with Crippen molar-refractivity contribution in [3.8, 4) is 0 Å². The van der Waals surface area contributed by atoms with Gasteiger partial charge in [0.15, 0.2) is 0 Å². The van der Waals surface area contributed by atoms with E-state index in [2.05, 4.69) is 31.2 Å². The summed E-state index contributed by atoms with van der Waals surface area (Å²) in [6, 6.07) is 8.67. The molecule has 2 heteroatoms. The SMILES string of the molecule is CCCc1cccc(C(N)C2CCCO2)c1. The minimum atomic E-state index is 0.0410. The molecule has 1 aliphatic rings. The molecule has 0 spiro atoms. The quantitative estimate of drug-likeness (QED) is 0.845. The van der Waals surface area contributed by atoms with Crippen molar-refractivity contribution in [3.05, 3.63) is 35.4 Å². The van der Waals surface area contributed by atoms with Crippen LogP contribution in [0.2, 0.25) is 0 Å². The number of hydrogen-bond donors (Lipinski definition) is 1. The van der Waals surface area contributed by atoms with Crippen LogP contribution in [0.25, 0.3) is 0 Å². The molecule has 2 rings (SSSR count). The number of rotatable bonds is 4. The summed E-state index contributed by atoms with van der Waals surface area (Å²) < 4.78 is 5.64. The maximum absolute atomic E-state index is 6.24. The van der Waals surface area contributed by atoms with Crippen molar-refractivity contribution in [3.63, 3.8) is 0 Å². The van der Waals surface area contributed by atoms with E-state index < -0.39 is 0 Å². The molecule has 1 aliphatic heterocycles. The smallest absolute Gasteiger partial charge is 0.0768 e. The number of aryl methyl sites for hydroxylation is 1. The lowest BCUT2D eigenvalue weighted by atomic mass is 9.97. The topological polar surface area (TPSA) is 35.2 Å². The Balaban J connectivity index is 2.09. The van der Waals surface area contributed by atoms with E-state index in [9.17, 15) is 0 Å². The average Bonchev–Trinajstić information content (AvgIpc) is 2.82. The molecular weight excluding hydrogens is 198 g/mol. The van der Waals surface area contributed by atoms with Gasteiger partial charge in [0, 0.05) is 6.61 Å². The Bertz CT molecular complexity index is 331. The molecule has 1 saturated heterocycles. The fraction of sp³-hybridized carbons (Fsp3) is 0.571. The number of benzene rings is 1. The Morgan fingerprint density at radius 2 is 2.38 bits per heavy atom. The lowest BCUT2D eigenvalue weighted by Gasteiger charge is -2.19. The van der Waals surface area contributed by atoms with Gasteiger partial charge in [-0.3, -0.25) is 0 Å². The van der Waals surface area contributed by atoms with Crippen molar-refractivity contribution in [2.45, 2.75) is 44.8 Å². The predicted molar refractivity (Wildman–Crippen MR) is 66.3 cm³/mol. The average molecular weight is 219 g/mol. The third-order valence-corrected chi connectivity index (χ3v) is 3.24. The third-order valence-electron chi connectivity index (χ3n) is 3.24. The highest BCUT2D eigenvalue weighted by Gasteiger charge is 2.23. The van der Waals surface area contributed by atoms with E-state index in [1.807, 2.05) is 0 Å². The fourth-order valence-electron chi connectivity index (χ4n) is 2.35. The summed E-state index contributed by atoms with van der Waals surface area (Å²) in [6.45, 7) is 3.07. The van der Waals surface area contributed by atoms with E-state index in [0.717, 1.165) is 25.9 Å². The summed E-state index contributed by atoms with van der Waals surface area (Å²) in [7, 11) is 0. The minimum absolute atomic E-state index is 0.0410. The molecular formula is C14H21NO. The van der Waals surface area contributed by atoms with Gasteiger partial charge in [-0.1, -0.05) is 37.6 Å². The van der Waals surface area contributed by atoms with Crippen LogP contribution < -0.4 is 5.73 Å². The summed E-state index contributed by atoms with van der Waals surface area (Å²) in [5.74, 6) is 0.